The standard InChI is InChI=1S/C37H37Cl2FN6O5/c1-49-32-18-31(27(38)16-28(32)39)43-36-23(19-41)20-42-30-17-34(33(50-2)15-26(30)36)51-13-3-8-45-9-11-46(12-10-45)21-22-4-5-24(29(40)14-22)25-6-7-35(47)44-37(25)48/h4-5,14-18,20,25H,3,6-13,21H2,1-2H3,(H,42,43)(H,44,47,48). The smallest absolute Gasteiger partial charge is 0.234 e. The van der Waals surface area contributed by atoms with E-state index in [1.807, 2.05) is 6.07 Å². The fourth-order valence-corrected chi connectivity index (χ4v) is 6.96. The fraction of sp³-hybridized carbons (Fsp3) is 0.351. The number of methoxy groups -OCH3 is 2. The normalized spacial score (nSPS) is 16.8. The molecular formula is C37H37Cl2FN6O5. The number of anilines is 2. The lowest BCUT2D eigenvalue weighted by atomic mass is 9.89. The van der Waals surface area contributed by atoms with Gasteiger partial charge in [-0.05, 0) is 36.6 Å². The molecule has 0 bridgehead atoms. The molecule has 11 nitrogen and oxygen atoms in total. The van der Waals surface area contributed by atoms with Crippen molar-refractivity contribution in [3.8, 4) is 23.3 Å². The highest BCUT2D eigenvalue weighted by atomic mass is 35.5. The number of carbonyl (C=O) groups is 2. The van der Waals surface area contributed by atoms with Crippen LogP contribution >= 0.6 is 23.2 Å². The molecule has 51 heavy (non-hydrogen) atoms. The van der Waals surface area contributed by atoms with Crippen LogP contribution in [-0.4, -0.2) is 80.1 Å². The van der Waals surface area contributed by atoms with E-state index in [2.05, 4.69) is 31.5 Å². The minimum atomic E-state index is -0.637. The van der Waals surface area contributed by atoms with Crippen LogP contribution in [0.1, 0.15) is 41.9 Å². The van der Waals surface area contributed by atoms with E-state index in [1.165, 1.54) is 19.4 Å². The molecule has 2 aliphatic heterocycles. The molecule has 2 N–H and O–H groups in total. The average Bonchev–Trinajstić information content (AvgIpc) is 3.12. The van der Waals surface area contributed by atoms with Gasteiger partial charge in [0.15, 0.2) is 11.5 Å². The van der Waals surface area contributed by atoms with Crippen molar-refractivity contribution in [1.82, 2.24) is 20.1 Å². The fourth-order valence-electron chi connectivity index (χ4n) is 6.45. The first-order chi connectivity index (χ1) is 24.7. The van der Waals surface area contributed by atoms with Crippen molar-refractivity contribution in [2.45, 2.75) is 31.7 Å². The van der Waals surface area contributed by atoms with Crippen molar-refractivity contribution >= 4 is 57.3 Å². The molecule has 0 spiro atoms. The SMILES string of the molecule is COc1cc(Nc2c(C#N)cnc3cc(OCCCN4CCN(Cc5ccc(C6CCC(=O)NC6=O)c(F)c5)CC4)c(OC)cc23)c(Cl)cc1Cl. The van der Waals surface area contributed by atoms with E-state index < -0.39 is 17.6 Å². The Morgan fingerprint density at radius 2 is 1.76 bits per heavy atom. The molecule has 3 heterocycles. The van der Waals surface area contributed by atoms with Crippen LogP contribution in [0.5, 0.6) is 17.2 Å². The number of aromatic nitrogens is 1. The Hall–Kier alpha value is -4.67. The van der Waals surface area contributed by atoms with Crippen LogP contribution in [0, 0.1) is 17.1 Å². The molecule has 0 radical (unpaired) electrons. The zero-order valence-electron chi connectivity index (χ0n) is 28.2. The van der Waals surface area contributed by atoms with Crippen molar-refractivity contribution in [3.63, 3.8) is 0 Å². The molecule has 2 aliphatic rings. The number of nitrogens with zero attached hydrogens (tertiary/aromatic N) is 4. The van der Waals surface area contributed by atoms with Crippen molar-refractivity contribution in [1.29, 1.82) is 5.26 Å². The third-order valence-electron chi connectivity index (χ3n) is 9.20. The maximum atomic E-state index is 15.0. The summed E-state index contributed by atoms with van der Waals surface area (Å²) in [4.78, 5) is 32.8. The highest BCUT2D eigenvalue weighted by Gasteiger charge is 2.30. The highest BCUT2D eigenvalue weighted by Crippen LogP contribution is 2.40. The maximum absolute atomic E-state index is 15.0. The summed E-state index contributed by atoms with van der Waals surface area (Å²) in [6.45, 7) is 5.37. The number of fused-ring (bicyclic) bond motifs is 1. The molecule has 1 atom stereocenters. The van der Waals surface area contributed by atoms with Gasteiger partial charge in [-0.1, -0.05) is 35.3 Å². The molecule has 4 aromatic rings. The number of hydrogen-bond donors (Lipinski definition) is 2. The maximum Gasteiger partial charge on any atom is 0.234 e. The third-order valence-corrected chi connectivity index (χ3v) is 9.81. The van der Waals surface area contributed by atoms with Crippen molar-refractivity contribution in [2.24, 2.45) is 0 Å². The second-order valence-electron chi connectivity index (χ2n) is 12.4. The highest BCUT2D eigenvalue weighted by molar-refractivity contribution is 6.37. The molecule has 2 saturated heterocycles. The van der Waals surface area contributed by atoms with E-state index in [0.29, 0.717) is 80.3 Å². The quantitative estimate of drug-likeness (QED) is 0.124. The Bertz CT molecular complexity index is 2000. The van der Waals surface area contributed by atoms with Crippen molar-refractivity contribution < 1.29 is 28.2 Å². The van der Waals surface area contributed by atoms with Gasteiger partial charge >= 0.3 is 0 Å². The van der Waals surface area contributed by atoms with Crippen LogP contribution in [0.2, 0.25) is 10.0 Å². The van der Waals surface area contributed by atoms with Crippen LogP contribution in [0.4, 0.5) is 15.8 Å². The zero-order valence-corrected chi connectivity index (χ0v) is 29.7. The molecule has 2 amide bonds. The molecule has 1 unspecified atom stereocenters. The number of nitriles is 1. The van der Waals surface area contributed by atoms with Crippen LogP contribution in [0.15, 0.2) is 48.7 Å². The van der Waals surface area contributed by atoms with Crippen LogP contribution in [0.25, 0.3) is 10.9 Å². The summed E-state index contributed by atoms with van der Waals surface area (Å²) in [6.07, 6.45) is 2.82. The predicted molar refractivity (Wildman–Crippen MR) is 193 cm³/mol. The van der Waals surface area contributed by atoms with Gasteiger partial charge in [0.2, 0.25) is 11.8 Å². The van der Waals surface area contributed by atoms with E-state index >= 15 is 0 Å². The number of rotatable bonds is 12. The van der Waals surface area contributed by atoms with Crippen LogP contribution < -0.4 is 24.8 Å². The number of carbonyl (C=O) groups excluding carboxylic acids is 2. The largest absolute Gasteiger partial charge is 0.495 e. The molecular weight excluding hydrogens is 698 g/mol. The van der Waals surface area contributed by atoms with Gasteiger partial charge < -0.3 is 24.4 Å². The van der Waals surface area contributed by atoms with E-state index in [-0.39, 0.29) is 12.3 Å². The molecule has 1 aromatic heterocycles. The number of piperidine rings is 1. The predicted octanol–water partition coefficient (Wildman–Crippen LogP) is 6.42. The van der Waals surface area contributed by atoms with E-state index in [4.69, 9.17) is 37.4 Å². The van der Waals surface area contributed by atoms with Crippen molar-refractivity contribution in [3.05, 3.63) is 81.2 Å². The first-order valence-electron chi connectivity index (χ1n) is 16.6. The number of nitrogens with one attached hydrogen (secondary N) is 2. The number of benzene rings is 3. The number of halogens is 3. The second kappa shape index (κ2) is 16.1. The Morgan fingerprint density at radius 1 is 1.00 bits per heavy atom. The zero-order chi connectivity index (χ0) is 36.1. The van der Waals surface area contributed by atoms with Gasteiger partial charge in [0.1, 0.15) is 17.6 Å². The number of imide groups is 1. The second-order valence-corrected chi connectivity index (χ2v) is 13.3. The number of piperazine rings is 1. The van der Waals surface area contributed by atoms with Gasteiger partial charge in [0.25, 0.3) is 0 Å². The Kier molecular flexibility index (Phi) is 11.4. The van der Waals surface area contributed by atoms with Crippen molar-refractivity contribution in [2.75, 3.05) is 58.9 Å². The lowest BCUT2D eigenvalue weighted by molar-refractivity contribution is -0.134. The Labute approximate surface area is 305 Å². The summed E-state index contributed by atoms with van der Waals surface area (Å²) in [5.74, 6) is -0.324. The lowest BCUT2D eigenvalue weighted by Gasteiger charge is -2.34. The third kappa shape index (κ3) is 8.29. The number of pyridine rings is 1. The number of ether oxygens (including phenoxy) is 3. The van der Waals surface area contributed by atoms with E-state index in [1.54, 1.807) is 37.4 Å². The molecule has 0 aliphatic carbocycles. The Morgan fingerprint density at radius 3 is 2.47 bits per heavy atom. The van der Waals surface area contributed by atoms with Gasteiger partial charge in [0, 0.05) is 75.0 Å². The first-order valence-corrected chi connectivity index (χ1v) is 17.3. The average molecular weight is 736 g/mol. The molecule has 6 rings (SSSR count). The van der Waals surface area contributed by atoms with E-state index in [0.717, 1.165) is 44.7 Å². The van der Waals surface area contributed by atoms with Gasteiger partial charge in [-0.15, -0.1) is 0 Å². The summed E-state index contributed by atoms with van der Waals surface area (Å²) in [5, 5.41) is 16.8. The molecule has 266 valence electrons. The van der Waals surface area contributed by atoms with Crippen LogP contribution in [-0.2, 0) is 16.1 Å². The topological polar surface area (TPSA) is 129 Å². The molecule has 2 fully saturated rings. The first kappa shape index (κ1) is 36.1. The minimum absolute atomic E-state index is 0.215. The van der Waals surface area contributed by atoms with Gasteiger partial charge in [-0.2, -0.15) is 5.26 Å². The Balaban J connectivity index is 1.02. The summed E-state index contributed by atoms with van der Waals surface area (Å²) < 4.78 is 32.2. The minimum Gasteiger partial charge on any atom is -0.495 e. The number of amides is 2. The molecule has 0 saturated carbocycles. The summed E-state index contributed by atoms with van der Waals surface area (Å²) in [7, 11) is 3.07. The van der Waals surface area contributed by atoms with Crippen LogP contribution in [0.3, 0.4) is 0 Å². The molecule has 3 aromatic carbocycles. The molecule has 14 heteroatoms. The number of hydrogen-bond acceptors (Lipinski definition) is 10. The summed E-state index contributed by atoms with van der Waals surface area (Å²) in [6, 6.07) is 14.1. The van der Waals surface area contributed by atoms with E-state index in [9.17, 15) is 19.2 Å². The monoisotopic (exact) mass is 734 g/mol. The van der Waals surface area contributed by atoms with Gasteiger partial charge in [-0.25, -0.2) is 4.39 Å². The van der Waals surface area contributed by atoms with Gasteiger partial charge in [-0.3, -0.25) is 24.8 Å². The lowest BCUT2D eigenvalue weighted by Crippen LogP contribution is -2.46. The van der Waals surface area contributed by atoms with Gasteiger partial charge in [0.05, 0.1) is 59.2 Å². The summed E-state index contributed by atoms with van der Waals surface area (Å²) >= 11 is 12.7. The summed E-state index contributed by atoms with van der Waals surface area (Å²) in [5.41, 5.74) is 3.13.